The summed E-state index contributed by atoms with van der Waals surface area (Å²) < 4.78 is 1.23. The molecule has 0 unspecified atom stereocenters. The Kier molecular flexibility index (Phi) is 3.67. The first-order valence-electron chi connectivity index (χ1n) is 4.26. The molecule has 0 aliphatic rings. The van der Waals surface area contributed by atoms with Gasteiger partial charge in [-0.15, -0.1) is 23.1 Å². The lowest BCUT2D eigenvalue weighted by Crippen LogP contribution is -1.77. The van der Waals surface area contributed by atoms with Crippen molar-refractivity contribution in [3.8, 4) is 0 Å². The van der Waals surface area contributed by atoms with Crippen molar-refractivity contribution >= 4 is 39.0 Å². The van der Waals surface area contributed by atoms with Crippen LogP contribution in [0, 0.1) is 0 Å². The summed E-state index contributed by atoms with van der Waals surface area (Å²) in [7, 11) is 0. The van der Waals surface area contributed by atoms with Crippen LogP contribution in [0.25, 0.3) is 0 Å². The molecular weight excluding hydrogens is 276 g/mol. The van der Waals surface area contributed by atoms with Gasteiger partial charge in [0.1, 0.15) is 0 Å². The molecule has 14 heavy (non-hydrogen) atoms. The van der Waals surface area contributed by atoms with E-state index in [9.17, 15) is 0 Å². The minimum absolute atomic E-state index is 1.04. The topological polar surface area (TPSA) is 0 Å². The van der Waals surface area contributed by atoms with Crippen LogP contribution >= 0.6 is 39.0 Å². The van der Waals surface area contributed by atoms with E-state index < -0.39 is 0 Å². The Morgan fingerprint density at radius 2 is 1.93 bits per heavy atom. The summed E-state index contributed by atoms with van der Waals surface area (Å²) in [5.41, 5.74) is 1.37. The van der Waals surface area contributed by atoms with Gasteiger partial charge in [-0.1, -0.05) is 30.3 Å². The highest BCUT2D eigenvalue weighted by atomic mass is 79.9. The van der Waals surface area contributed by atoms with Crippen molar-refractivity contribution in [1.82, 2.24) is 0 Å². The zero-order chi connectivity index (χ0) is 9.80. The predicted octanol–water partition coefficient (Wildman–Crippen LogP) is 4.80. The van der Waals surface area contributed by atoms with Gasteiger partial charge in [-0.2, -0.15) is 0 Å². The molecule has 2 rings (SSSR count). The maximum atomic E-state index is 3.54. The summed E-state index contributed by atoms with van der Waals surface area (Å²) in [4.78, 5) is 1.33. The van der Waals surface area contributed by atoms with Crippen molar-refractivity contribution in [2.75, 3.05) is 0 Å². The van der Waals surface area contributed by atoms with Crippen LogP contribution in [0.3, 0.4) is 0 Å². The highest BCUT2D eigenvalue weighted by molar-refractivity contribution is 9.11. The van der Waals surface area contributed by atoms with E-state index in [-0.39, 0.29) is 0 Å². The molecule has 1 aromatic carbocycles. The van der Waals surface area contributed by atoms with Crippen molar-refractivity contribution in [2.24, 2.45) is 0 Å². The number of thiophene rings is 1. The molecule has 0 N–H and O–H groups in total. The minimum Gasteiger partial charge on any atom is -0.136 e. The van der Waals surface area contributed by atoms with Crippen LogP contribution in [0.5, 0.6) is 0 Å². The van der Waals surface area contributed by atoms with Gasteiger partial charge in [0.05, 0.1) is 3.79 Å². The average Bonchev–Trinajstić information content (AvgIpc) is 2.63. The van der Waals surface area contributed by atoms with Crippen molar-refractivity contribution < 1.29 is 0 Å². The molecule has 2 aromatic rings. The summed E-state index contributed by atoms with van der Waals surface area (Å²) in [5.74, 6) is 1.04. The van der Waals surface area contributed by atoms with E-state index in [0.717, 1.165) is 5.75 Å². The summed E-state index contributed by atoms with van der Waals surface area (Å²) in [6.07, 6.45) is 0. The highest BCUT2D eigenvalue weighted by Gasteiger charge is 2.01. The summed E-state index contributed by atoms with van der Waals surface area (Å²) in [6.45, 7) is 0. The monoisotopic (exact) mass is 284 g/mol. The molecule has 0 saturated carbocycles. The molecule has 0 aliphatic carbocycles. The van der Waals surface area contributed by atoms with Crippen LogP contribution in [-0.4, -0.2) is 0 Å². The average molecular weight is 285 g/mol. The Balaban J connectivity index is 1.99. The maximum absolute atomic E-state index is 3.54. The summed E-state index contributed by atoms with van der Waals surface area (Å²) in [6, 6.07) is 12.7. The molecule has 0 bridgehead atoms. The van der Waals surface area contributed by atoms with Crippen molar-refractivity contribution in [2.45, 2.75) is 10.6 Å². The third kappa shape index (κ3) is 2.62. The second kappa shape index (κ2) is 5.01. The fraction of sp³-hybridized carbons (Fsp3) is 0.0909. The molecule has 0 nitrogen and oxygen atoms in total. The first-order chi connectivity index (χ1) is 6.86. The lowest BCUT2D eigenvalue weighted by molar-refractivity contribution is 1.39. The van der Waals surface area contributed by atoms with Gasteiger partial charge in [-0.05, 0) is 32.9 Å². The molecule has 72 valence electrons. The molecule has 0 fully saturated rings. The number of rotatable bonds is 3. The van der Waals surface area contributed by atoms with Crippen LogP contribution in [-0.2, 0) is 5.75 Å². The van der Waals surface area contributed by atoms with Gasteiger partial charge in [-0.25, -0.2) is 0 Å². The lowest BCUT2D eigenvalue weighted by atomic mass is 10.2. The third-order valence-electron chi connectivity index (χ3n) is 1.82. The van der Waals surface area contributed by atoms with Crippen molar-refractivity contribution in [3.05, 3.63) is 51.1 Å². The summed E-state index contributed by atoms with van der Waals surface area (Å²) >= 11 is 7.14. The summed E-state index contributed by atoms with van der Waals surface area (Å²) in [5, 5.41) is 2.11. The largest absolute Gasteiger partial charge is 0.136 e. The van der Waals surface area contributed by atoms with Gasteiger partial charge in [0.25, 0.3) is 0 Å². The third-order valence-corrected chi connectivity index (χ3v) is 5.03. The SMILES string of the molecule is Brc1sccc1SCc1ccccc1. The Morgan fingerprint density at radius 3 is 2.57 bits per heavy atom. The van der Waals surface area contributed by atoms with E-state index in [1.807, 2.05) is 11.8 Å². The second-order valence-corrected chi connectivity index (χ2v) is 6.08. The van der Waals surface area contributed by atoms with Gasteiger partial charge in [-0.3, -0.25) is 0 Å². The Morgan fingerprint density at radius 1 is 1.14 bits per heavy atom. The molecule has 0 aliphatic heterocycles. The first kappa shape index (κ1) is 10.3. The van der Waals surface area contributed by atoms with Crippen LogP contribution < -0.4 is 0 Å². The van der Waals surface area contributed by atoms with Crippen molar-refractivity contribution in [1.29, 1.82) is 0 Å². The number of hydrogen-bond donors (Lipinski definition) is 0. The van der Waals surface area contributed by atoms with E-state index in [1.165, 1.54) is 14.2 Å². The lowest BCUT2D eigenvalue weighted by Gasteiger charge is -1.99. The fourth-order valence-corrected chi connectivity index (χ4v) is 3.63. The zero-order valence-corrected chi connectivity index (χ0v) is 10.7. The normalized spacial score (nSPS) is 10.4. The number of thioether (sulfide) groups is 1. The smallest absolute Gasteiger partial charge is 0.0834 e. The Bertz CT molecular complexity index is 395. The minimum atomic E-state index is 1.04. The van der Waals surface area contributed by atoms with E-state index in [4.69, 9.17) is 0 Å². The van der Waals surface area contributed by atoms with E-state index in [0.29, 0.717) is 0 Å². The molecule has 1 heterocycles. The van der Waals surface area contributed by atoms with Crippen LogP contribution in [0.2, 0.25) is 0 Å². The Hall–Kier alpha value is -0.250. The Labute approximate surface area is 100 Å². The van der Waals surface area contributed by atoms with Gasteiger partial charge in [0, 0.05) is 10.6 Å². The number of halogens is 1. The molecule has 0 radical (unpaired) electrons. The molecule has 0 spiro atoms. The van der Waals surface area contributed by atoms with E-state index in [2.05, 4.69) is 57.7 Å². The van der Waals surface area contributed by atoms with Crippen LogP contribution in [0.4, 0.5) is 0 Å². The van der Waals surface area contributed by atoms with Gasteiger partial charge >= 0.3 is 0 Å². The van der Waals surface area contributed by atoms with Gasteiger partial charge in [0.2, 0.25) is 0 Å². The van der Waals surface area contributed by atoms with Crippen molar-refractivity contribution in [3.63, 3.8) is 0 Å². The van der Waals surface area contributed by atoms with Gasteiger partial charge in [0.15, 0.2) is 0 Å². The fourth-order valence-electron chi connectivity index (χ4n) is 1.12. The van der Waals surface area contributed by atoms with E-state index >= 15 is 0 Å². The quantitative estimate of drug-likeness (QED) is 0.730. The molecule has 1 aromatic heterocycles. The first-order valence-corrected chi connectivity index (χ1v) is 6.92. The number of benzene rings is 1. The molecule has 0 amide bonds. The van der Waals surface area contributed by atoms with E-state index in [1.54, 1.807) is 11.3 Å². The predicted molar refractivity (Wildman–Crippen MR) is 68.0 cm³/mol. The van der Waals surface area contributed by atoms with Gasteiger partial charge < -0.3 is 0 Å². The number of hydrogen-bond acceptors (Lipinski definition) is 2. The molecular formula is C11H9BrS2. The molecule has 3 heteroatoms. The standard InChI is InChI=1S/C11H9BrS2/c12-11-10(6-7-13-11)14-8-9-4-2-1-3-5-9/h1-7H,8H2. The zero-order valence-electron chi connectivity index (χ0n) is 7.44. The molecule has 0 atom stereocenters. The molecule has 0 saturated heterocycles. The van der Waals surface area contributed by atoms with Crippen LogP contribution in [0.1, 0.15) is 5.56 Å². The second-order valence-electron chi connectivity index (χ2n) is 2.83. The highest BCUT2D eigenvalue weighted by Crippen LogP contribution is 2.33. The van der Waals surface area contributed by atoms with Crippen LogP contribution in [0.15, 0.2) is 50.5 Å². The maximum Gasteiger partial charge on any atom is 0.0834 e.